The molecule has 0 spiro atoms. The van der Waals surface area contributed by atoms with Gasteiger partial charge in [0.05, 0.1) is 11.8 Å². The molecule has 0 aliphatic carbocycles. The molecule has 3 N–H and O–H groups in total. The van der Waals surface area contributed by atoms with Crippen molar-refractivity contribution in [1.82, 2.24) is 4.72 Å². The monoisotopic (exact) mass is 272 g/mol. The largest absolute Gasteiger partial charge is 0.391 e. The van der Waals surface area contributed by atoms with Crippen molar-refractivity contribution in [2.75, 3.05) is 18.9 Å². The maximum absolute atomic E-state index is 11.8. The van der Waals surface area contributed by atoms with Gasteiger partial charge in [-0.25, -0.2) is 13.1 Å². The number of anilines is 1. The Balaban J connectivity index is 2.91. The first-order chi connectivity index (χ1) is 8.38. The lowest BCUT2D eigenvalue weighted by Crippen LogP contribution is -2.26. The van der Waals surface area contributed by atoms with E-state index in [4.69, 9.17) is 0 Å². The number of aliphatic hydroxyl groups is 1. The maximum atomic E-state index is 11.8. The molecule has 0 radical (unpaired) electrons. The zero-order valence-corrected chi connectivity index (χ0v) is 11.7. The molecule has 1 unspecified atom stereocenters. The van der Waals surface area contributed by atoms with Gasteiger partial charge in [0.25, 0.3) is 0 Å². The number of hydrogen-bond acceptors (Lipinski definition) is 4. The minimum atomic E-state index is -3.49. The van der Waals surface area contributed by atoms with Crippen molar-refractivity contribution in [1.29, 1.82) is 0 Å². The Kier molecular flexibility index (Phi) is 5.13. The van der Waals surface area contributed by atoms with E-state index >= 15 is 0 Å². The first kappa shape index (κ1) is 14.9. The number of para-hydroxylation sites is 1. The average Bonchev–Trinajstić information content (AvgIpc) is 2.36. The van der Waals surface area contributed by atoms with Crippen LogP contribution in [0.4, 0.5) is 5.69 Å². The highest BCUT2D eigenvalue weighted by Crippen LogP contribution is 2.20. The fourth-order valence-electron chi connectivity index (χ4n) is 1.41. The molecular weight excluding hydrogens is 252 g/mol. The van der Waals surface area contributed by atoms with Crippen molar-refractivity contribution in [3.63, 3.8) is 0 Å². The van der Waals surface area contributed by atoms with Crippen molar-refractivity contribution in [3.8, 4) is 0 Å². The molecule has 0 heterocycles. The molecule has 0 saturated carbocycles. The van der Waals surface area contributed by atoms with Crippen molar-refractivity contribution in [2.24, 2.45) is 5.92 Å². The molecule has 1 aromatic carbocycles. The van der Waals surface area contributed by atoms with E-state index in [1.165, 1.54) is 13.1 Å². The first-order valence-corrected chi connectivity index (χ1v) is 7.31. The van der Waals surface area contributed by atoms with Crippen molar-refractivity contribution < 1.29 is 13.5 Å². The van der Waals surface area contributed by atoms with Gasteiger partial charge in [0.1, 0.15) is 4.90 Å². The van der Waals surface area contributed by atoms with Crippen LogP contribution >= 0.6 is 0 Å². The molecule has 1 rings (SSSR count). The second-order valence-corrected chi connectivity index (χ2v) is 6.25. The highest BCUT2D eigenvalue weighted by Gasteiger charge is 2.17. The van der Waals surface area contributed by atoms with Crippen LogP contribution in [0.5, 0.6) is 0 Å². The quantitative estimate of drug-likeness (QED) is 0.722. The van der Waals surface area contributed by atoms with Gasteiger partial charge in [-0.1, -0.05) is 26.0 Å². The first-order valence-electron chi connectivity index (χ1n) is 5.83. The minimum Gasteiger partial charge on any atom is -0.391 e. The number of rotatable bonds is 6. The van der Waals surface area contributed by atoms with Crippen molar-refractivity contribution >= 4 is 15.7 Å². The van der Waals surface area contributed by atoms with E-state index in [2.05, 4.69) is 10.0 Å². The standard InChI is InChI=1S/C12H20N2O3S/c1-9(2)11(15)8-14-10-6-4-5-7-12(10)18(16,17)13-3/h4-7,9,11,13-15H,8H2,1-3H3. The van der Waals surface area contributed by atoms with Gasteiger partial charge in [0, 0.05) is 6.54 Å². The molecule has 102 valence electrons. The summed E-state index contributed by atoms with van der Waals surface area (Å²) in [4.78, 5) is 0.184. The number of nitrogens with one attached hydrogen (secondary N) is 2. The van der Waals surface area contributed by atoms with Gasteiger partial charge >= 0.3 is 0 Å². The van der Waals surface area contributed by atoms with Crippen molar-refractivity contribution in [3.05, 3.63) is 24.3 Å². The van der Waals surface area contributed by atoms with Crippen molar-refractivity contribution in [2.45, 2.75) is 24.8 Å². The summed E-state index contributed by atoms with van der Waals surface area (Å²) in [7, 11) is -2.12. The predicted molar refractivity (Wildman–Crippen MR) is 72.0 cm³/mol. The summed E-state index contributed by atoms with van der Waals surface area (Å²) in [5, 5.41) is 12.7. The highest BCUT2D eigenvalue weighted by atomic mass is 32.2. The SMILES string of the molecule is CNS(=O)(=O)c1ccccc1NCC(O)C(C)C. The second-order valence-electron chi connectivity index (χ2n) is 4.40. The third kappa shape index (κ3) is 3.69. The molecule has 0 aromatic heterocycles. The second kappa shape index (κ2) is 6.17. The van der Waals surface area contributed by atoms with Gasteiger partial charge in [-0.15, -0.1) is 0 Å². The molecule has 0 aliphatic rings. The summed E-state index contributed by atoms with van der Waals surface area (Å²) in [6.45, 7) is 4.12. The summed E-state index contributed by atoms with van der Waals surface area (Å²) in [6, 6.07) is 6.61. The van der Waals surface area contributed by atoms with Gasteiger partial charge in [0.2, 0.25) is 10.0 Å². The highest BCUT2D eigenvalue weighted by molar-refractivity contribution is 7.89. The molecule has 6 heteroatoms. The van der Waals surface area contributed by atoms with Crippen LogP contribution in [0.15, 0.2) is 29.2 Å². The van der Waals surface area contributed by atoms with Crippen LogP contribution < -0.4 is 10.0 Å². The molecule has 0 saturated heterocycles. The number of benzene rings is 1. The fourth-order valence-corrected chi connectivity index (χ4v) is 2.31. The van der Waals surface area contributed by atoms with E-state index in [0.717, 1.165) is 0 Å². The van der Waals surface area contributed by atoms with Gasteiger partial charge in [0.15, 0.2) is 0 Å². The lowest BCUT2D eigenvalue weighted by Gasteiger charge is -2.17. The minimum absolute atomic E-state index is 0.116. The van der Waals surface area contributed by atoms with E-state index in [0.29, 0.717) is 12.2 Å². The van der Waals surface area contributed by atoms with E-state index in [-0.39, 0.29) is 10.8 Å². The Labute approximate surface area is 108 Å². The molecule has 1 aromatic rings. The summed E-state index contributed by atoms with van der Waals surface area (Å²) >= 11 is 0. The fraction of sp³-hybridized carbons (Fsp3) is 0.500. The Morgan fingerprint density at radius 1 is 1.28 bits per heavy atom. The number of aliphatic hydroxyl groups excluding tert-OH is 1. The molecule has 0 fully saturated rings. The lowest BCUT2D eigenvalue weighted by atomic mass is 10.1. The summed E-state index contributed by atoms with van der Waals surface area (Å²) in [5.74, 6) is 0.116. The molecule has 1 atom stereocenters. The topological polar surface area (TPSA) is 78.4 Å². The molecule has 0 aliphatic heterocycles. The third-order valence-electron chi connectivity index (χ3n) is 2.72. The summed E-state index contributed by atoms with van der Waals surface area (Å²) < 4.78 is 25.9. The van der Waals surface area contributed by atoms with Crippen LogP contribution in [0.3, 0.4) is 0 Å². The third-order valence-corrected chi connectivity index (χ3v) is 4.19. The van der Waals surface area contributed by atoms with E-state index in [1.807, 2.05) is 13.8 Å². The molecule has 0 amide bonds. The Hall–Kier alpha value is -1.11. The Morgan fingerprint density at radius 3 is 2.44 bits per heavy atom. The van der Waals surface area contributed by atoms with Gasteiger partial charge in [-0.3, -0.25) is 0 Å². The average molecular weight is 272 g/mol. The smallest absolute Gasteiger partial charge is 0.242 e. The maximum Gasteiger partial charge on any atom is 0.242 e. The molecule has 18 heavy (non-hydrogen) atoms. The van der Waals surface area contributed by atoms with Crippen LogP contribution in [0, 0.1) is 5.92 Å². The van der Waals surface area contributed by atoms with Crippen LogP contribution in [-0.2, 0) is 10.0 Å². The Morgan fingerprint density at radius 2 is 1.89 bits per heavy atom. The Bertz CT molecular complexity index is 486. The zero-order chi connectivity index (χ0) is 13.8. The normalized spacial score (nSPS) is 13.6. The van der Waals surface area contributed by atoms with Gasteiger partial charge < -0.3 is 10.4 Å². The predicted octanol–water partition coefficient (Wildman–Crippen LogP) is 1.02. The summed E-state index contributed by atoms with van der Waals surface area (Å²) in [6.07, 6.45) is -0.518. The zero-order valence-electron chi connectivity index (χ0n) is 10.8. The van der Waals surface area contributed by atoms with Crippen LogP contribution in [0.25, 0.3) is 0 Å². The van der Waals surface area contributed by atoms with E-state index in [1.54, 1.807) is 18.2 Å². The number of sulfonamides is 1. The van der Waals surface area contributed by atoms with Crippen LogP contribution in [0.1, 0.15) is 13.8 Å². The number of hydrogen-bond donors (Lipinski definition) is 3. The molecular formula is C12H20N2O3S. The van der Waals surface area contributed by atoms with Crippen LogP contribution in [-0.4, -0.2) is 33.2 Å². The van der Waals surface area contributed by atoms with Crippen LogP contribution in [0.2, 0.25) is 0 Å². The summed E-state index contributed by atoms with van der Waals surface area (Å²) in [5.41, 5.74) is 0.492. The molecule has 0 bridgehead atoms. The van der Waals surface area contributed by atoms with E-state index in [9.17, 15) is 13.5 Å². The molecule has 5 nitrogen and oxygen atoms in total. The van der Waals surface area contributed by atoms with Gasteiger partial charge in [-0.2, -0.15) is 0 Å². The van der Waals surface area contributed by atoms with Gasteiger partial charge in [-0.05, 0) is 25.1 Å². The van der Waals surface area contributed by atoms with E-state index < -0.39 is 16.1 Å². The lowest BCUT2D eigenvalue weighted by molar-refractivity contribution is 0.138.